The summed E-state index contributed by atoms with van der Waals surface area (Å²) in [4.78, 5) is 28.1. The third kappa shape index (κ3) is 4.27. The Morgan fingerprint density at radius 3 is 2.71 bits per heavy atom. The SMILES string of the molecule is O=C(NCCn1cnc(C2CC2)cc1=O)Nc1ccc(Cl)c(Cl)c1. The predicted octanol–water partition coefficient (Wildman–Crippen LogP) is 3.25. The van der Waals surface area contributed by atoms with E-state index in [9.17, 15) is 9.59 Å². The number of urea groups is 1. The van der Waals surface area contributed by atoms with E-state index < -0.39 is 0 Å². The molecule has 1 aliphatic rings. The normalized spacial score (nSPS) is 13.6. The van der Waals surface area contributed by atoms with Crippen LogP contribution in [0.2, 0.25) is 10.0 Å². The van der Waals surface area contributed by atoms with Crippen LogP contribution in [0.15, 0.2) is 35.4 Å². The Morgan fingerprint density at radius 2 is 2.04 bits per heavy atom. The summed E-state index contributed by atoms with van der Waals surface area (Å²) >= 11 is 11.7. The van der Waals surface area contributed by atoms with Crippen molar-refractivity contribution in [1.82, 2.24) is 14.9 Å². The molecule has 8 heteroatoms. The summed E-state index contributed by atoms with van der Waals surface area (Å²) in [7, 11) is 0. The molecule has 0 unspecified atom stereocenters. The zero-order valence-electron chi connectivity index (χ0n) is 12.8. The van der Waals surface area contributed by atoms with Crippen LogP contribution in [0.4, 0.5) is 10.5 Å². The summed E-state index contributed by atoms with van der Waals surface area (Å²) in [6, 6.07) is 6.01. The zero-order chi connectivity index (χ0) is 17.1. The molecule has 2 N–H and O–H groups in total. The minimum Gasteiger partial charge on any atom is -0.336 e. The first-order valence-electron chi connectivity index (χ1n) is 7.59. The van der Waals surface area contributed by atoms with Crippen molar-refractivity contribution in [3.63, 3.8) is 0 Å². The molecule has 24 heavy (non-hydrogen) atoms. The van der Waals surface area contributed by atoms with E-state index in [1.165, 1.54) is 10.9 Å². The zero-order valence-corrected chi connectivity index (χ0v) is 14.3. The third-order valence-electron chi connectivity index (χ3n) is 3.71. The van der Waals surface area contributed by atoms with Gasteiger partial charge in [-0.1, -0.05) is 23.2 Å². The second kappa shape index (κ2) is 7.23. The quantitative estimate of drug-likeness (QED) is 0.852. The van der Waals surface area contributed by atoms with Crippen LogP contribution in [0.5, 0.6) is 0 Å². The van der Waals surface area contributed by atoms with Gasteiger partial charge in [0.1, 0.15) is 0 Å². The van der Waals surface area contributed by atoms with Crippen molar-refractivity contribution in [3.05, 3.63) is 56.7 Å². The molecule has 0 radical (unpaired) electrons. The fourth-order valence-corrected chi connectivity index (χ4v) is 2.55. The number of hydrogen-bond donors (Lipinski definition) is 2. The smallest absolute Gasteiger partial charge is 0.319 e. The van der Waals surface area contributed by atoms with Crippen molar-refractivity contribution in [2.24, 2.45) is 0 Å². The number of halogens is 2. The molecule has 2 aromatic rings. The molecule has 0 aliphatic heterocycles. The van der Waals surface area contributed by atoms with Gasteiger partial charge >= 0.3 is 6.03 Å². The molecule has 1 heterocycles. The highest BCUT2D eigenvalue weighted by Crippen LogP contribution is 2.38. The van der Waals surface area contributed by atoms with Gasteiger partial charge in [0.15, 0.2) is 0 Å². The number of carbonyl (C=O) groups excluding carboxylic acids is 1. The summed E-state index contributed by atoms with van der Waals surface area (Å²) in [5, 5.41) is 6.11. The van der Waals surface area contributed by atoms with Crippen LogP contribution in [-0.2, 0) is 6.54 Å². The van der Waals surface area contributed by atoms with Crippen LogP contribution < -0.4 is 16.2 Å². The highest BCUT2D eigenvalue weighted by Gasteiger charge is 2.25. The second-order valence-corrected chi connectivity index (χ2v) is 6.44. The van der Waals surface area contributed by atoms with Crippen LogP contribution >= 0.6 is 23.2 Å². The molecule has 0 spiro atoms. The summed E-state index contributed by atoms with van der Waals surface area (Å²) in [5.41, 5.74) is 1.30. The van der Waals surface area contributed by atoms with Gasteiger partial charge < -0.3 is 10.6 Å². The Bertz CT molecular complexity index is 818. The number of anilines is 1. The first-order chi connectivity index (χ1) is 11.5. The maximum Gasteiger partial charge on any atom is 0.319 e. The van der Waals surface area contributed by atoms with Crippen LogP contribution in [-0.4, -0.2) is 22.1 Å². The number of rotatable bonds is 5. The number of hydrogen-bond acceptors (Lipinski definition) is 3. The van der Waals surface area contributed by atoms with Gasteiger partial charge in [0.05, 0.1) is 22.1 Å². The minimum absolute atomic E-state index is 0.0985. The molecule has 1 fully saturated rings. The van der Waals surface area contributed by atoms with Crippen LogP contribution in [0.3, 0.4) is 0 Å². The highest BCUT2D eigenvalue weighted by molar-refractivity contribution is 6.42. The fraction of sp³-hybridized carbons (Fsp3) is 0.312. The van der Waals surface area contributed by atoms with E-state index in [2.05, 4.69) is 15.6 Å². The molecule has 0 bridgehead atoms. The van der Waals surface area contributed by atoms with Gasteiger partial charge in [0.25, 0.3) is 5.56 Å². The van der Waals surface area contributed by atoms with E-state index in [0.29, 0.717) is 34.7 Å². The molecule has 1 aliphatic carbocycles. The van der Waals surface area contributed by atoms with E-state index in [-0.39, 0.29) is 11.6 Å². The van der Waals surface area contributed by atoms with Crippen LogP contribution in [0.1, 0.15) is 24.5 Å². The predicted molar refractivity (Wildman–Crippen MR) is 94.0 cm³/mol. The lowest BCUT2D eigenvalue weighted by atomic mass is 10.3. The number of benzene rings is 1. The van der Waals surface area contributed by atoms with E-state index in [1.807, 2.05) is 0 Å². The highest BCUT2D eigenvalue weighted by atomic mass is 35.5. The topological polar surface area (TPSA) is 76.0 Å². The Kier molecular flexibility index (Phi) is 5.06. The number of nitrogens with zero attached hydrogens (tertiary/aromatic N) is 2. The standard InChI is InChI=1S/C16H16Cl2N4O2/c17-12-4-3-11(7-13(12)18)21-16(24)19-5-6-22-9-20-14(8-15(22)23)10-1-2-10/h3-4,7-10H,1-2,5-6H2,(H2,19,21,24). The van der Waals surface area contributed by atoms with Crippen molar-refractivity contribution < 1.29 is 4.79 Å². The lowest BCUT2D eigenvalue weighted by molar-refractivity contribution is 0.251. The average molecular weight is 367 g/mol. The van der Waals surface area contributed by atoms with Crippen molar-refractivity contribution in [2.75, 3.05) is 11.9 Å². The maximum absolute atomic E-state index is 12.0. The number of carbonyl (C=O) groups is 1. The molecule has 6 nitrogen and oxygen atoms in total. The van der Waals surface area contributed by atoms with Gasteiger partial charge in [-0.05, 0) is 31.0 Å². The Labute approximate surface area is 148 Å². The molecule has 1 aromatic carbocycles. The van der Waals surface area contributed by atoms with Gasteiger partial charge in [0.2, 0.25) is 0 Å². The Hall–Kier alpha value is -2.05. The number of amides is 2. The molecule has 1 aromatic heterocycles. The van der Waals surface area contributed by atoms with E-state index >= 15 is 0 Å². The van der Waals surface area contributed by atoms with Gasteiger partial charge in [-0.2, -0.15) is 0 Å². The molecular weight excluding hydrogens is 351 g/mol. The second-order valence-electron chi connectivity index (χ2n) is 5.63. The summed E-state index contributed by atoms with van der Waals surface area (Å²) in [6.07, 6.45) is 3.74. The van der Waals surface area contributed by atoms with E-state index in [0.717, 1.165) is 18.5 Å². The van der Waals surface area contributed by atoms with Crippen molar-refractivity contribution >= 4 is 34.9 Å². The number of aromatic nitrogens is 2. The lowest BCUT2D eigenvalue weighted by Gasteiger charge is -2.09. The van der Waals surface area contributed by atoms with Crippen molar-refractivity contribution in [3.8, 4) is 0 Å². The van der Waals surface area contributed by atoms with Crippen molar-refractivity contribution in [2.45, 2.75) is 25.3 Å². The maximum atomic E-state index is 12.0. The van der Waals surface area contributed by atoms with Crippen molar-refractivity contribution in [1.29, 1.82) is 0 Å². The fourth-order valence-electron chi connectivity index (χ4n) is 2.25. The summed E-state index contributed by atoms with van der Waals surface area (Å²) < 4.78 is 1.48. The Balaban J connectivity index is 1.49. The van der Waals surface area contributed by atoms with Gasteiger partial charge in [0, 0.05) is 30.8 Å². The molecular formula is C16H16Cl2N4O2. The molecule has 2 amide bonds. The van der Waals surface area contributed by atoms with Gasteiger partial charge in [-0.25, -0.2) is 9.78 Å². The molecule has 126 valence electrons. The Morgan fingerprint density at radius 1 is 1.25 bits per heavy atom. The lowest BCUT2D eigenvalue weighted by Crippen LogP contribution is -2.33. The molecule has 3 rings (SSSR count). The third-order valence-corrected chi connectivity index (χ3v) is 4.45. The number of nitrogens with one attached hydrogen (secondary N) is 2. The molecule has 0 saturated heterocycles. The average Bonchev–Trinajstić information content (AvgIpc) is 3.37. The molecule has 0 atom stereocenters. The minimum atomic E-state index is -0.385. The van der Waals surface area contributed by atoms with E-state index in [1.54, 1.807) is 24.3 Å². The van der Waals surface area contributed by atoms with Gasteiger partial charge in [-0.3, -0.25) is 9.36 Å². The van der Waals surface area contributed by atoms with Gasteiger partial charge in [-0.15, -0.1) is 0 Å². The molecule has 1 saturated carbocycles. The monoisotopic (exact) mass is 366 g/mol. The summed E-state index contributed by atoms with van der Waals surface area (Å²) in [5.74, 6) is 0.447. The first kappa shape index (κ1) is 16.8. The van der Waals surface area contributed by atoms with E-state index in [4.69, 9.17) is 23.2 Å². The first-order valence-corrected chi connectivity index (χ1v) is 8.35. The van der Waals surface area contributed by atoms with Crippen LogP contribution in [0.25, 0.3) is 0 Å². The summed E-state index contributed by atoms with van der Waals surface area (Å²) in [6.45, 7) is 0.656. The van der Waals surface area contributed by atoms with Crippen LogP contribution in [0, 0.1) is 0 Å². The largest absolute Gasteiger partial charge is 0.336 e.